The van der Waals surface area contributed by atoms with Gasteiger partial charge in [-0.05, 0) is 24.6 Å². The van der Waals surface area contributed by atoms with Crippen molar-refractivity contribution in [3.63, 3.8) is 0 Å². The molecule has 0 saturated heterocycles. The van der Waals surface area contributed by atoms with Crippen molar-refractivity contribution in [1.82, 2.24) is 9.97 Å². The standard InChI is InChI=1S/C13H15N3O2/c1-9-12(17-2)15-8-16-13(9)18-11-5-3-10(7-14)4-6-11/h3-6,8H,7,14H2,1-2H3. The molecule has 1 aromatic heterocycles. The van der Waals surface area contributed by atoms with Gasteiger partial charge in [-0.3, -0.25) is 0 Å². The van der Waals surface area contributed by atoms with E-state index < -0.39 is 0 Å². The maximum Gasteiger partial charge on any atom is 0.229 e. The summed E-state index contributed by atoms with van der Waals surface area (Å²) >= 11 is 0. The zero-order valence-corrected chi connectivity index (χ0v) is 10.4. The molecule has 0 radical (unpaired) electrons. The molecule has 1 aromatic carbocycles. The topological polar surface area (TPSA) is 70.3 Å². The summed E-state index contributed by atoms with van der Waals surface area (Å²) in [6.07, 6.45) is 1.41. The lowest BCUT2D eigenvalue weighted by Crippen LogP contribution is -1.98. The van der Waals surface area contributed by atoms with Crippen molar-refractivity contribution in [3.05, 3.63) is 41.7 Å². The number of hydrogen-bond donors (Lipinski definition) is 1. The van der Waals surface area contributed by atoms with Crippen molar-refractivity contribution in [3.8, 4) is 17.5 Å². The third-order valence-electron chi connectivity index (χ3n) is 2.56. The first-order valence-corrected chi connectivity index (χ1v) is 5.57. The number of aromatic nitrogens is 2. The quantitative estimate of drug-likeness (QED) is 0.892. The summed E-state index contributed by atoms with van der Waals surface area (Å²) < 4.78 is 10.8. The average molecular weight is 245 g/mol. The fraction of sp³-hybridized carbons (Fsp3) is 0.231. The predicted molar refractivity (Wildman–Crippen MR) is 67.7 cm³/mol. The van der Waals surface area contributed by atoms with Gasteiger partial charge in [-0.25, -0.2) is 9.97 Å². The lowest BCUT2D eigenvalue weighted by atomic mass is 10.2. The number of hydrogen-bond acceptors (Lipinski definition) is 5. The molecule has 0 spiro atoms. The Kier molecular flexibility index (Phi) is 3.74. The molecule has 5 heteroatoms. The van der Waals surface area contributed by atoms with Crippen LogP contribution in [0.3, 0.4) is 0 Å². The van der Waals surface area contributed by atoms with Crippen LogP contribution in [-0.2, 0) is 6.54 Å². The van der Waals surface area contributed by atoms with Gasteiger partial charge in [-0.15, -0.1) is 0 Å². The van der Waals surface area contributed by atoms with E-state index in [-0.39, 0.29) is 0 Å². The third-order valence-corrected chi connectivity index (χ3v) is 2.56. The first-order valence-electron chi connectivity index (χ1n) is 5.57. The fourth-order valence-electron chi connectivity index (χ4n) is 1.53. The second kappa shape index (κ2) is 5.46. The summed E-state index contributed by atoms with van der Waals surface area (Å²) in [5, 5.41) is 0. The molecular weight excluding hydrogens is 230 g/mol. The molecule has 0 aliphatic carbocycles. The van der Waals surface area contributed by atoms with Crippen LogP contribution in [0.2, 0.25) is 0 Å². The molecule has 0 saturated carbocycles. The predicted octanol–water partition coefficient (Wildman–Crippen LogP) is 2.04. The van der Waals surface area contributed by atoms with E-state index in [9.17, 15) is 0 Å². The zero-order valence-electron chi connectivity index (χ0n) is 10.4. The van der Waals surface area contributed by atoms with Crippen LogP contribution in [-0.4, -0.2) is 17.1 Å². The monoisotopic (exact) mass is 245 g/mol. The van der Waals surface area contributed by atoms with E-state index in [4.69, 9.17) is 15.2 Å². The van der Waals surface area contributed by atoms with Crippen LogP contribution in [0.15, 0.2) is 30.6 Å². The summed E-state index contributed by atoms with van der Waals surface area (Å²) in [6.45, 7) is 2.36. The van der Waals surface area contributed by atoms with Crippen molar-refractivity contribution in [2.75, 3.05) is 7.11 Å². The highest BCUT2D eigenvalue weighted by Gasteiger charge is 2.09. The van der Waals surface area contributed by atoms with Gasteiger partial charge in [0.1, 0.15) is 12.1 Å². The highest BCUT2D eigenvalue weighted by Crippen LogP contribution is 2.26. The Balaban J connectivity index is 2.22. The van der Waals surface area contributed by atoms with Gasteiger partial charge >= 0.3 is 0 Å². The number of nitrogens with zero attached hydrogens (tertiary/aromatic N) is 2. The SMILES string of the molecule is COc1ncnc(Oc2ccc(CN)cc2)c1C. The van der Waals surface area contributed by atoms with Crippen LogP contribution in [0.4, 0.5) is 0 Å². The average Bonchev–Trinajstić information content (AvgIpc) is 2.42. The summed E-state index contributed by atoms with van der Waals surface area (Å²) in [5.74, 6) is 1.71. The largest absolute Gasteiger partial charge is 0.481 e. The van der Waals surface area contributed by atoms with Gasteiger partial charge in [-0.2, -0.15) is 0 Å². The minimum atomic E-state index is 0.488. The molecule has 0 amide bonds. The Bertz CT molecular complexity index is 526. The van der Waals surface area contributed by atoms with E-state index in [2.05, 4.69) is 9.97 Å². The van der Waals surface area contributed by atoms with Crippen LogP contribution in [0.1, 0.15) is 11.1 Å². The summed E-state index contributed by atoms with van der Waals surface area (Å²) in [5.41, 5.74) is 7.36. The minimum absolute atomic E-state index is 0.488. The van der Waals surface area contributed by atoms with Gasteiger partial charge in [0, 0.05) is 6.54 Å². The summed E-state index contributed by atoms with van der Waals surface area (Å²) in [6, 6.07) is 7.55. The smallest absolute Gasteiger partial charge is 0.229 e. The molecule has 2 aromatic rings. The Labute approximate surface area is 106 Å². The fourth-order valence-corrected chi connectivity index (χ4v) is 1.53. The maximum atomic E-state index is 5.68. The molecule has 94 valence electrons. The molecular formula is C13H15N3O2. The molecule has 2 N–H and O–H groups in total. The summed E-state index contributed by atoms with van der Waals surface area (Å²) in [4.78, 5) is 8.08. The second-order valence-corrected chi connectivity index (χ2v) is 3.76. The Morgan fingerprint density at radius 3 is 2.39 bits per heavy atom. The second-order valence-electron chi connectivity index (χ2n) is 3.76. The molecule has 1 heterocycles. The van der Waals surface area contributed by atoms with Crippen molar-refractivity contribution in [2.24, 2.45) is 5.73 Å². The molecule has 2 rings (SSSR count). The molecule has 0 aliphatic heterocycles. The molecule has 0 aliphatic rings. The molecule has 0 fully saturated rings. The lowest BCUT2D eigenvalue weighted by molar-refractivity contribution is 0.382. The number of nitrogens with two attached hydrogens (primary N) is 1. The normalized spacial score (nSPS) is 10.2. The highest BCUT2D eigenvalue weighted by atomic mass is 16.5. The van der Waals surface area contributed by atoms with E-state index in [1.165, 1.54) is 6.33 Å². The van der Waals surface area contributed by atoms with Gasteiger partial charge < -0.3 is 15.2 Å². The van der Waals surface area contributed by atoms with Crippen molar-refractivity contribution in [1.29, 1.82) is 0 Å². The number of ether oxygens (including phenoxy) is 2. The highest BCUT2D eigenvalue weighted by molar-refractivity contribution is 5.37. The Hall–Kier alpha value is -2.14. The van der Waals surface area contributed by atoms with E-state index in [0.29, 0.717) is 24.1 Å². The van der Waals surface area contributed by atoms with Gasteiger partial charge in [0.2, 0.25) is 11.8 Å². The Morgan fingerprint density at radius 2 is 1.78 bits per heavy atom. The van der Waals surface area contributed by atoms with Crippen LogP contribution in [0, 0.1) is 6.92 Å². The van der Waals surface area contributed by atoms with E-state index in [1.807, 2.05) is 31.2 Å². The van der Waals surface area contributed by atoms with Gasteiger partial charge in [0.25, 0.3) is 0 Å². The molecule has 0 atom stereocenters. The van der Waals surface area contributed by atoms with Crippen LogP contribution in [0.25, 0.3) is 0 Å². The van der Waals surface area contributed by atoms with Crippen molar-refractivity contribution < 1.29 is 9.47 Å². The van der Waals surface area contributed by atoms with Crippen LogP contribution >= 0.6 is 0 Å². The summed E-state index contributed by atoms with van der Waals surface area (Å²) in [7, 11) is 1.56. The van der Waals surface area contributed by atoms with Gasteiger partial charge in [-0.1, -0.05) is 12.1 Å². The molecule has 0 bridgehead atoms. The minimum Gasteiger partial charge on any atom is -0.481 e. The van der Waals surface area contributed by atoms with Crippen LogP contribution < -0.4 is 15.2 Å². The van der Waals surface area contributed by atoms with E-state index >= 15 is 0 Å². The van der Waals surface area contributed by atoms with E-state index in [0.717, 1.165) is 11.1 Å². The lowest BCUT2D eigenvalue weighted by Gasteiger charge is -2.09. The molecule has 5 nitrogen and oxygen atoms in total. The first kappa shape index (κ1) is 12.3. The molecule has 18 heavy (non-hydrogen) atoms. The van der Waals surface area contributed by atoms with Gasteiger partial charge in [0.05, 0.1) is 12.7 Å². The maximum absolute atomic E-state index is 5.68. The van der Waals surface area contributed by atoms with Crippen LogP contribution in [0.5, 0.6) is 17.5 Å². The number of rotatable bonds is 4. The van der Waals surface area contributed by atoms with Crippen molar-refractivity contribution >= 4 is 0 Å². The number of benzene rings is 1. The zero-order chi connectivity index (χ0) is 13.0. The third kappa shape index (κ3) is 2.57. The van der Waals surface area contributed by atoms with Gasteiger partial charge in [0.15, 0.2) is 0 Å². The van der Waals surface area contributed by atoms with E-state index in [1.54, 1.807) is 7.11 Å². The Morgan fingerprint density at radius 1 is 1.11 bits per heavy atom. The number of methoxy groups -OCH3 is 1. The first-order chi connectivity index (χ1) is 8.74. The van der Waals surface area contributed by atoms with Crippen molar-refractivity contribution in [2.45, 2.75) is 13.5 Å². The molecule has 0 unspecified atom stereocenters.